The van der Waals surface area contributed by atoms with Crippen LogP contribution in [0.5, 0.6) is 0 Å². The lowest BCUT2D eigenvalue weighted by molar-refractivity contribution is -0.117. The predicted molar refractivity (Wildman–Crippen MR) is 102 cm³/mol. The summed E-state index contributed by atoms with van der Waals surface area (Å²) in [5, 5.41) is 20.6. The summed E-state index contributed by atoms with van der Waals surface area (Å²) >= 11 is 0. The third-order valence-corrected chi connectivity index (χ3v) is 9.31. The lowest BCUT2D eigenvalue weighted by Crippen LogP contribution is -2.53. The zero-order valence-electron chi connectivity index (χ0n) is 16.5. The van der Waals surface area contributed by atoms with E-state index < -0.39 is 11.8 Å². The topological polar surface area (TPSA) is 83.8 Å². The molecule has 0 aromatic rings. The van der Waals surface area contributed by atoms with Gasteiger partial charge in [0, 0.05) is 11.8 Å². The molecule has 0 spiro atoms. The molecule has 4 saturated carbocycles. The summed E-state index contributed by atoms with van der Waals surface area (Å²) < 4.78 is 4.63. The Morgan fingerprint density at radius 1 is 1.14 bits per heavy atom. The second-order valence-electron chi connectivity index (χ2n) is 10.0. The zero-order chi connectivity index (χ0) is 19.7. The third-order valence-electron chi connectivity index (χ3n) is 9.31. The first-order valence-corrected chi connectivity index (χ1v) is 10.9. The lowest BCUT2D eigenvalue weighted by Gasteiger charge is -2.55. The molecule has 4 fully saturated rings. The van der Waals surface area contributed by atoms with Crippen LogP contribution < -0.4 is 0 Å². The van der Waals surface area contributed by atoms with Crippen molar-refractivity contribution in [1.29, 1.82) is 0 Å². The zero-order valence-corrected chi connectivity index (χ0v) is 16.5. The second kappa shape index (κ2) is 6.19. The van der Waals surface area contributed by atoms with Crippen LogP contribution in [0.3, 0.4) is 0 Å². The number of allylic oxidation sites excluding steroid dienone is 1. The fourth-order valence-corrected chi connectivity index (χ4v) is 8.12. The molecule has 5 rings (SSSR count). The third kappa shape index (κ3) is 2.35. The van der Waals surface area contributed by atoms with E-state index in [1.54, 1.807) is 6.08 Å². The summed E-state index contributed by atoms with van der Waals surface area (Å²) in [5.41, 5.74) is 0.165. The van der Waals surface area contributed by atoms with Gasteiger partial charge in [-0.25, -0.2) is 4.79 Å². The summed E-state index contributed by atoms with van der Waals surface area (Å²) in [4.78, 5) is 22.6. The molecule has 0 radical (unpaired) electrons. The SMILES string of the molecule is C[C@]12CC[C@H]3[C@@H](CCC4=CC(=O)CC[C@@H]43)[C@@H]1[C@H]1CC[C@H]1[C@@]2(O)/C=C\OC(=O)O. The van der Waals surface area contributed by atoms with Crippen LogP contribution in [0.2, 0.25) is 0 Å². The first-order chi connectivity index (χ1) is 13.3. The van der Waals surface area contributed by atoms with Crippen molar-refractivity contribution < 1.29 is 24.5 Å². The smallest absolute Gasteiger partial charge is 0.449 e. The Labute approximate surface area is 165 Å². The molecule has 0 heterocycles. The van der Waals surface area contributed by atoms with Crippen molar-refractivity contribution in [2.24, 2.45) is 40.9 Å². The molecule has 152 valence electrons. The van der Waals surface area contributed by atoms with Gasteiger partial charge >= 0.3 is 6.16 Å². The van der Waals surface area contributed by atoms with E-state index >= 15 is 0 Å². The van der Waals surface area contributed by atoms with Gasteiger partial charge in [0.2, 0.25) is 0 Å². The first kappa shape index (κ1) is 18.4. The van der Waals surface area contributed by atoms with Gasteiger partial charge in [-0.1, -0.05) is 12.5 Å². The molecule has 5 nitrogen and oxygen atoms in total. The van der Waals surface area contributed by atoms with Gasteiger partial charge in [0.25, 0.3) is 0 Å². The molecule has 0 bridgehead atoms. The van der Waals surface area contributed by atoms with E-state index in [0.717, 1.165) is 44.9 Å². The molecular weight excluding hydrogens is 356 g/mol. The van der Waals surface area contributed by atoms with Gasteiger partial charge in [-0.3, -0.25) is 4.79 Å². The molecule has 28 heavy (non-hydrogen) atoms. The van der Waals surface area contributed by atoms with Gasteiger partial charge in [-0.15, -0.1) is 0 Å². The number of carbonyl (C=O) groups is 2. The molecule has 5 heteroatoms. The molecular formula is C23H30O5. The fourth-order valence-electron chi connectivity index (χ4n) is 8.12. The number of carbonyl (C=O) groups excluding carboxylic acids is 1. The maximum absolute atomic E-state index is 11.9. The minimum atomic E-state index is -1.34. The van der Waals surface area contributed by atoms with Crippen LogP contribution in [0.1, 0.15) is 58.3 Å². The average molecular weight is 386 g/mol. The molecule has 0 aliphatic heterocycles. The van der Waals surface area contributed by atoms with Gasteiger partial charge in [0.1, 0.15) is 0 Å². The average Bonchev–Trinajstić information content (AvgIpc) is 2.74. The Hall–Kier alpha value is -1.62. The quantitative estimate of drug-likeness (QED) is 0.546. The Morgan fingerprint density at radius 3 is 2.68 bits per heavy atom. The van der Waals surface area contributed by atoms with Gasteiger partial charge < -0.3 is 14.9 Å². The summed E-state index contributed by atoms with van der Waals surface area (Å²) in [6.45, 7) is 2.23. The normalized spacial score (nSPS) is 49.4. The van der Waals surface area contributed by atoms with Gasteiger partial charge in [0.15, 0.2) is 5.78 Å². The lowest BCUT2D eigenvalue weighted by atomic mass is 9.49. The highest BCUT2D eigenvalue weighted by Gasteiger charge is 2.71. The highest BCUT2D eigenvalue weighted by Crippen LogP contribution is 2.72. The van der Waals surface area contributed by atoms with Crippen molar-refractivity contribution in [1.82, 2.24) is 0 Å². The van der Waals surface area contributed by atoms with E-state index in [1.165, 1.54) is 11.8 Å². The van der Waals surface area contributed by atoms with Crippen LogP contribution in [-0.4, -0.2) is 27.8 Å². The standard InChI is InChI=1S/C23H30O5/c1-22-9-8-16-15-5-3-14(24)12-13(15)2-4-17(16)20(22)18-6-7-19(18)23(22,27)10-11-28-21(25)26/h10-12,15-20,27H,2-9H2,1H3,(H,25,26)/b11-10-/t15-,16+,17+,18-,19+,20+,22-,23-/m0/s1. The van der Waals surface area contributed by atoms with E-state index in [0.29, 0.717) is 41.8 Å². The maximum Gasteiger partial charge on any atom is 0.510 e. The molecule has 0 unspecified atom stereocenters. The molecule has 0 aromatic heterocycles. The summed E-state index contributed by atoms with van der Waals surface area (Å²) in [7, 11) is 0. The number of rotatable bonds is 2. The van der Waals surface area contributed by atoms with Gasteiger partial charge in [-0.2, -0.15) is 0 Å². The molecule has 0 aromatic carbocycles. The Morgan fingerprint density at radius 2 is 1.96 bits per heavy atom. The minimum absolute atomic E-state index is 0.208. The van der Waals surface area contributed by atoms with E-state index in [9.17, 15) is 14.7 Å². The summed E-state index contributed by atoms with van der Waals surface area (Å²) in [6.07, 6.45) is 11.5. The van der Waals surface area contributed by atoms with Gasteiger partial charge in [-0.05, 0) is 92.6 Å². The van der Waals surface area contributed by atoms with E-state index in [4.69, 9.17) is 5.11 Å². The maximum atomic E-state index is 11.9. The Bertz CT molecular complexity index is 769. The van der Waals surface area contributed by atoms with Crippen LogP contribution in [-0.2, 0) is 9.53 Å². The minimum Gasteiger partial charge on any atom is -0.449 e. The van der Waals surface area contributed by atoms with E-state index in [2.05, 4.69) is 11.7 Å². The second-order valence-corrected chi connectivity index (χ2v) is 10.0. The molecule has 2 N–H and O–H groups in total. The molecule has 5 aliphatic rings. The van der Waals surface area contributed by atoms with Gasteiger partial charge in [0.05, 0.1) is 11.9 Å². The summed E-state index contributed by atoms with van der Waals surface area (Å²) in [5.74, 6) is 3.29. The molecule has 8 atom stereocenters. The van der Waals surface area contributed by atoms with Crippen molar-refractivity contribution >= 4 is 11.9 Å². The number of ether oxygens (including phenoxy) is 1. The number of carboxylic acid groups (broad SMARTS) is 1. The first-order valence-electron chi connectivity index (χ1n) is 10.9. The number of ketones is 1. The van der Waals surface area contributed by atoms with E-state index in [1.807, 2.05) is 6.08 Å². The van der Waals surface area contributed by atoms with Crippen LogP contribution >= 0.6 is 0 Å². The van der Waals surface area contributed by atoms with Crippen LogP contribution in [0.25, 0.3) is 0 Å². The highest BCUT2D eigenvalue weighted by atomic mass is 16.7. The monoisotopic (exact) mass is 386 g/mol. The summed E-state index contributed by atoms with van der Waals surface area (Å²) in [6, 6.07) is 0. The van der Waals surface area contributed by atoms with Crippen LogP contribution in [0.15, 0.2) is 24.0 Å². The van der Waals surface area contributed by atoms with Crippen molar-refractivity contribution in [3.8, 4) is 0 Å². The number of hydrogen-bond acceptors (Lipinski definition) is 4. The van der Waals surface area contributed by atoms with Crippen LogP contribution in [0.4, 0.5) is 4.79 Å². The number of hydrogen-bond donors (Lipinski definition) is 2. The Kier molecular flexibility index (Phi) is 4.07. The number of fused-ring (bicyclic) bond motifs is 7. The highest BCUT2D eigenvalue weighted by molar-refractivity contribution is 5.91. The Balaban J connectivity index is 1.47. The molecule has 0 amide bonds. The van der Waals surface area contributed by atoms with Crippen LogP contribution in [0, 0.1) is 40.9 Å². The van der Waals surface area contributed by atoms with Crippen molar-refractivity contribution in [2.45, 2.75) is 63.9 Å². The molecule has 5 aliphatic carbocycles. The van der Waals surface area contributed by atoms with Crippen molar-refractivity contribution in [3.63, 3.8) is 0 Å². The predicted octanol–water partition coefficient (Wildman–Crippen LogP) is 4.31. The van der Waals surface area contributed by atoms with Crippen molar-refractivity contribution in [3.05, 3.63) is 24.0 Å². The largest absolute Gasteiger partial charge is 0.510 e. The molecule has 0 saturated heterocycles. The fraction of sp³-hybridized carbons (Fsp3) is 0.739. The van der Waals surface area contributed by atoms with E-state index in [-0.39, 0.29) is 11.3 Å². The van der Waals surface area contributed by atoms with Crippen molar-refractivity contribution in [2.75, 3.05) is 0 Å². The number of aliphatic hydroxyl groups is 1.